The Hall–Kier alpha value is -2.19. The molecule has 0 unspecified atom stereocenters. The molecule has 0 aliphatic rings. The van der Waals surface area contributed by atoms with E-state index in [0.29, 0.717) is 11.3 Å². The number of aromatic nitrogens is 4. The largest absolute Gasteiger partial charge is 0.278 e. The zero-order valence-corrected chi connectivity index (χ0v) is 13.4. The molecule has 0 bridgehead atoms. The molecular formula is C13H12ClN5O2S. The Morgan fingerprint density at radius 1 is 1.32 bits per heavy atom. The molecule has 0 aliphatic heterocycles. The highest BCUT2D eigenvalue weighted by molar-refractivity contribution is 7.92. The van der Waals surface area contributed by atoms with Gasteiger partial charge in [-0.2, -0.15) is 5.10 Å². The van der Waals surface area contributed by atoms with Gasteiger partial charge in [-0.25, -0.2) is 18.4 Å². The molecule has 0 saturated carbocycles. The molecule has 3 rings (SSSR count). The van der Waals surface area contributed by atoms with Gasteiger partial charge >= 0.3 is 0 Å². The maximum atomic E-state index is 12.4. The van der Waals surface area contributed by atoms with E-state index >= 15 is 0 Å². The first kappa shape index (κ1) is 14.7. The summed E-state index contributed by atoms with van der Waals surface area (Å²) < 4.78 is 28.8. The third-order valence-corrected chi connectivity index (χ3v) is 4.96. The number of pyridine rings is 2. The van der Waals surface area contributed by atoms with Crippen molar-refractivity contribution in [3.63, 3.8) is 0 Å². The molecule has 3 aromatic heterocycles. The number of rotatable bonds is 3. The van der Waals surface area contributed by atoms with Crippen LogP contribution in [0.4, 0.5) is 5.69 Å². The van der Waals surface area contributed by atoms with Crippen LogP contribution in [-0.4, -0.2) is 28.2 Å². The van der Waals surface area contributed by atoms with Crippen LogP contribution in [-0.2, 0) is 17.1 Å². The van der Waals surface area contributed by atoms with E-state index in [9.17, 15) is 8.42 Å². The van der Waals surface area contributed by atoms with Gasteiger partial charge in [-0.3, -0.25) is 9.40 Å². The molecule has 9 heteroatoms. The standard InChI is InChI=1S/C13H12ClN5O2S/c1-8-10-6-9(7-16-13(10)19(2)17-8)18-22(20,21)11-4-3-5-15-12(11)14/h3-7,18H,1-2H3. The SMILES string of the molecule is Cc1nn(C)c2ncc(NS(=O)(=O)c3cccnc3Cl)cc12. The Kier molecular flexibility index (Phi) is 3.50. The molecule has 0 amide bonds. The zero-order chi connectivity index (χ0) is 15.9. The van der Waals surface area contributed by atoms with E-state index < -0.39 is 10.0 Å². The topological polar surface area (TPSA) is 89.8 Å². The summed E-state index contributed by atoms with van der Waals surface area (Å²) in [6.45, 7) is 1.83. The van der Waals surface area contributed by atoms with Crippen molar-refractivity contribution < 1.29 is 8.42 Å². The second-order valence-electron chi connectivity index (χ2n) is 4.70. The number of sulfonamides is 1. The lowest BCUT2D eigenvalue weighted by molar-refractivity contribution is 0.601. The molecule has 0 aliphatic carbocycles. The van der Waals surface area contributed by atoms with Crippen LogP contribution in [0.15, 0.2) is 35.5 Å². The molecule has 0 aromatic carbocycles. The van der Waals surface area contributed by atoms with Crippen LogP contribution in [0.3, 0.4) is 0 Å². The lowest BCUT2D eigenvalue weighted by atomic mass is 10.3. The summed E-state index contributed by atoms with van der Waals surface area (Å²) in [5.41, 5.74) is 1.79. The molecule has 3 aromatic rings. The van der Waals surface area contributed by atoms with Gasteiger partial charge in [0.2, 0.25) is 0 Å². The molecule has 0 spiro atoms. The fourth-order valence-corrected chi connectivity index (χ4v) is 3.63. The number of anilines is 1. The first-order valence-corrected chi connectivity index (χ1v) is 8.17. The van der Waals surface area contributed by atoms with E-state index in [1.165, 1.54) is 24.5 Å². The van der Waals surface area contributed by atoms with Gasteiger partial charge < -0.3 is 0 Å². The summed E-state index contributed by atoms with van der Waals surface area (Å²) in [5, 5.41) is 4.94. The summed E-state index contributed by atoms with van der Waals surface area (Å²) in [4.78, 5) is 7.91. The third kappa shape index (κ3) is 2.51. The highest BCUT2D eigenvalue weighted by Crippen LogP contribution is 2.24. The predicted octanol–water partition coefficient (Wildman–Crippen LogP) is 2.13. The van der Waals surface area contributed by atoms with Crippen LogP contribution >= 0.6 is 11.6 Å². The highest BCUT2D eigenvalue weighted by atomic mass is 35.5. The highest BCUT2D eigenvalue weighted by Gasteiger charge is 2.19. The van der Waals surface area contributed by atoms with Crippen molar-refractivity contribution in [2.75, 3.05) is 4.72 Å². The molecule has 22 heavy (non-hydrogen) atoms. The van der Waals surface area contributed by atoms with Crippen molar-refractivity contribution in [3.05, 3.63) is 41.4 Å². The van der Waals surface area contributed by atoms with E-state index in [1.807, 2.05) is 6.92 Å². The summed E-state index contributed by atoms with van der Waals surface area (Å²) >= 11 is 5.84. The number of hydrogen-bond acceptors (Lipinski definition) is 5. The van der Waals surface area contributed by atoms with Crippen LogP contribution in [0.1, 0.15) is 5.69 Å². The molecule has 0 atom stereocenters. The lowest BCUT2D eigenvalue weighted by Crippen LogP contribution is -2.14. The van der Waals surface area contributed by atoms with Gasteiger partial charge in [0.15, 0.2) is 5.65 Å². The van der Waals surface area contributed by atoms with Crippen molar-refractivity contribution in [1.29, 1.82) is 0 Å². The number of nitrogens with zero attached hydrogens (tertiary/aromatic N) is 4. The number of halogens is 1. The fourth-order valence-electron chi connectivity index (χ4n) is 2.15. The van der Waals surface area contributed by atoms with Crippen LogP contribution < -0.4 is 4.72 Å². The van der Waals surface area contributed by atoms with Gasteiger partial charge in [0, 0.05) is 18.6 Å². The van der Waals surface area contributed by atoms with Gasteiger partial charge in [0.05, 0.1) is 17.6 Å². The maximum Gasteiger partial charge on any atom is 0.265 e. The second-order valence-corrected chi connectivity index (χ2v) is 6.71. The van der Waals surface area contributed by atoms with Crippen molar-refractivity contribution in [3.8, 4) is 0 Å². The van der Waals surface area contributed by atoms with Crippen molar-refractivity contribution in [1.82, 2.24) is 19.7 Å². The van der Waals surface area contributed by atoms with Gasteiger partial charge in [-0.15, -0.1) is 0 Å². The summed E-state index contributed by atoms with van der Waals surface area (Å²) in [6, 6.07) is 4.58. The van der Waals surface area contributed by atoms with E-state index in [-0.39, 0.29) is 10.0 Å². The monoisotopic (exact) mass is 337 g/mol. The van der Waals surface area contributed by atoms with E-state index in [2.05, 4.69) is 19.8 Å². The second kappa shape index (κ2) is 5.22. The Morgan fingerprint density at radius 3 is 2.82 bits per heavy atom. The van der Waals surface area contributed by atoms with Crippen LogP contribution in [0, 0.1) is 6.92 Å². The first-order chi connectivity index (χ1) is 10.4. The summed E-state index contributed by atoms with van der Waals surface area (Å²) in [6.07, 6.45) is 2.86. The molecule has 114 valence electrons. The minimum absolute atomic E-state index is 0.0819. The van der Waals surface area contributed by atoms with Gasteiger partial charge in [0.1, 0.15) is 10.0 Å². The Balaban J connectivity index is 2.03. The molecule has 0 radical (unpaired) electrons. The minimum atomic E-state index is -3.83. The van der Waals surface area contributed by atoms with Crippen LogP contribution in [0.2, 0.25) is 5.15 Å². The number of hydrogen-bond donors (Lipinski definition) is 1. The molecule has 0 saturated heterocycles. The Labute approximate surface area is 132 Å². The van der Waals surface area contributed by atoms with Gasteiger partial charge in [0.25, 0.3) is 10.0 Å². The molecule has 0 fully saturated rings. The molecular weight excluding hydrogens is 326 g/mol. The maximum absolute atomic E-state index is 12.4. The van der Waals surface area contributed by atoms with Crippen LogP contribution in [0.5, 0.6) is 0 Å². The molecule has 3 heterocycles. The predicted molar refractivity (Wildman–Crippen MR) is 83.3 cm³/mol. The molecule has 1 N–H and O–H groups in total. The summed E-state index contributed by atoms with van der Waals surface area (Å²) in [5.74, 6) is 0. The fraction of sp³-hybridized carbons (Fsp3) is 0.154. The number of nitrogens with one attached hydrogen (secondary N) is 1. The Morgan fingerprint density at radius 2 is 2.09 bits per heavy atom. The van der Waals surface area contributed by atoms with Crippen molar-refractivity contribution >= 4 is 38.3 Å². The quantitative estimate of drug-likeness (QED) is 0.739. The average molecular weight is 338 g/mol. The number of aryl methyl sites for hydroxylation is 2. The van der Waals surface area contributed by atoms with Crippen molar-refractivity contribution in [2.24, 2.45) is 7.05 Å². The molecule has 7 nitrogen and oxygen atoms in total. The Bertz CT molecular complexity index is 968. The zero-order valence-electron chi connectivity index (χ0n) is 11.8. The van der Waals surface area contributed by atoms with Gasteiger partial charge in [-0.05, 0) is 25.1 Å². The van der Waals surface area contributed by atoms with E-state index in [0.717, 1.165) is 11.1 Å². The van der Waals surface area contributed by atoms with Crippen molar-refractivity contribution in [2.45, 2.75) is 11.8 Å². The first-order valence-electron chi connectivity index (χ1n) is 6.31. The average Bonchev–Trinajstić information content (AvgIpc) is 2.73. The lowest BCUT2D eigenvalue weighted by Gasteiger charge is -2.08. The normalized spacial score (nSPS) is 11.8. The number of fused-ring (bicyclic) bond motifs is 1. The third-order valence-electron chi connectivity index (χ3n) is 3.13. The summed E-state index contributed by atoms with van der Waals surface area (Å²) in [7, 11) is -2.05. The van der Waals surface area contributed by atoms with E-state index in [1.54, 1.807) is 17.8 Å². The minimum Gasteiger partial charge on any atom is -0.278 e. The van der Waals surface area contributed by atoms with Gasteiger partial charge in [-0.1, -0.05) is 11.6 Å². The van der Waals surface area contributed by atoms with Crippen LogP contribution in [0.25, 0.3) is 11.0 Å². The van der Waals surface area contributed by atoms with E-state index in [4.69, 9.17) is 11.6 Å². The smallest absolute Gasteiger partial charge is 0.265 e.